The highest BCUT2D eigenvalue weighted by Gasteiger charge is 2.12. The van der Waals surface area contributed by atoms with Crippen molar-refractivity contribution in [3.63, 3.8) is 0 Å². The fourth-order valence-corrected chi connectivity index (χ4v) is 1.02. The van der Waals surface area contributed by atoms with Crippen molar-refractivity contribution in [2.24, 2.45) is 0 Å². The minimum Gasteiger partial charge on any atom is -0.480 e. The Hall–Kier alpha value is -0.650. The van der Waals surface area contributed by atoms with E-state index in [9.17, 15) is 4.79 Å². The lowest BCUT2D eigenvalue weighted by molar-refractivity contribution is -0.142. The average Bonchev–Trinajstić information content (AvgIpc) is 2.05. The van der Waals surface area contributed by atoms with Gasteiger partial charge in [0.05, 0.1) is 25.9 Å². The molecule has 1 saturated heterocycles. The molecule has 1 atom stereocenters. The Morgan fingerprint density at radius 2 is 2.58 bits per heavy atom. The summed E-state index contributed by atoms with van der Waals surface area (Å²) < 4.78 is 10.0. The normalized spacial score (nSPS) is 23.8. The van der Waals surface area contributed by atoms with Crippen LogP contribution in [0.25, 0.3) is 0 Å². The third kappa shape index (κ3) is 3.66. The first-order valence-corrected chi connectivity index (χ1v) is 3.89. The number of aliphatic carboxylic acids is 1. The van der Waals surface area contributed by atoms with Crippen LogP contribution in [0.5, 0.6) is 0 Å². The molecule has 5 nitrogen and oxygen atoms in total. The van der Waals surface area contributed by atoms with Gasteiger partial charge in [0.1, 0.15) is 6.61 Å². The number of morpholine rings is 1. The molecule has 0 aromatic carbocycles. The van der Waals surface area contributed by atoms with Crippen LogP contribution in [-0.4, -0.2) is 50.1 Å². The minimum atomic E-state index is -0.938. The number of hydrogen-bond donors (Lipinski definition) is 2. The second-order valence-corrected chi connectivity index (χ2v) is 2.63. The van der Waals surface area contributed by atoms with Crippen LogP contribution in [0.2, 0.25) is 0 Å². The van der Waals surface area contributed by atoms with Crippen LogP contribution in [0.15, 0.2) is 0 Å². The van der Waals surface area contributed by atoms with E-state index in [1.54, 1.807) is 0 Å². The number of carbonyl (C=O) groups is 1. The van der Waals surface area contributed by atoms with E-state index < -0.39 is 5.97 Å². The van der Waals surface area contributed by atoms with Crippen molar-refractivity contribution in [2.75, 3.05) is 33.0 Å². The molecule has 0 aromatic rings. The summed E-state index contributed by atoms with van der Waals surface area (Å²) in [6.07, 6.45) is 0. The number of carboxylic acid groups (broad SMARTS) is 1. The molecule has 0 aromatic heterocycles. The van der Waals surface area contributed by atoms with Gasteiger partial charge in [-0.25, -0.2) is 4.79 Å². The van der Waals surface area contributed by atoms with Gasteiger partial charge in [-0.2, -0.15) is 0 Å². The number of rotatable bonds is 4. The van der Waals surface area contributed by atoms with Gasteiger partial charge in [0.2, 0.25) is 0 Å². The fraction of sp³-hybridized carbons (Fsp3) is 0.857. The van der Waals surface area contributed by atoms with Crippen molar-refractivity contribution < 1.29 is 19.4 Å². The predicted molar refractivity (Wildman–Crippen MR) is 41.1 cm³/mol. The van der Waals surface area contributed by atoms with Crippen molar-refractivity contribution in [2.45, 2.75) is 6.04 Å². The van der Waals surface area contributed by atoms with Gasteiger partial charge in [0.15, 0.2) is 0 Å². The molecule has 1 unspecified atom stereocenters. The third-order valence-corrected chi connectivity index (χ3v) is 1.54. The van der Waals surface area contributed by atoms with Gasteiger partial charge in [-0.1, -0.05) is 0 Å². The van der Waals surface area contributed by atoms with Crippen molar-refractivity contribution in [1.29, 1.82) is 0 Å². The molecule has 70 valence electrons. The van der Waals surface area contributed by atoms with Crippen LogP contribution in [0.1, 0.15) is 0 Å². The summed E-state index contributed by atoms with van der Waals surface area (Å²) in [6, 6.07) is 0.137. The van der Waals surface area contributed by atoms with E-state index in [0.717, 1.165) is 13.2 Å². The van der Waals surface area contributed by atoms with E-state index in [-0.39, 0.29) is 12.6 Å². The Morgan fingerprint density at radius 1 is 1.75 bits per heavy atom. The van der Waals surface area contributed by atoms with E-state index in [4.69, 9.17) is 14.6 Å². The largest absolute Gasteiger partial charge is 0.480 e. The van der Waals surface area contributed by atoms with Crippen molar-refractivity contribution >= 4 is 5.97 Å². The Kier molecular flexibility index (Phi) is 3.99. The van der Waals surface area contributed by atoms with E-state index in [1.165, 1.54) is 0 Å². The zero-order valence-electron chi connectivity index (χ0n) is 6.78. The number of ether oxygens (including phenoxy) is 2. The number of carboxylic acids is 1. The SMILES string of the molecule is O=C(O)COCC1COCCN1. The first kappa shape index (κ1) is 9.44. The summed E-state index contributed by atoms with van der Waals surface area (Å²) in [7, 11) is 0. The van der Waals surface area contributed by atoms with Crippen molar-refractivity contribution in [3.05, 3.63) is 0 Å². The second kappa shape index (κ2) is 5.08. The lowest BCUT2D eigenvalue weighted by Crippen LogP contribution is -2.44. The molecule has 0 aliphatic carbocycles. The Morgan fingerprint density at radius 3 is 3.17 bits per heavy atom. The number of hydrogen-bond acceptors (Lipinski definition) is 4. The van der Waals surface area contributed by atoms with Gasteiger partial charge in [-0.3, -0.25) is 0 Å². The molecular formula is C7H13NO4. The van der Waals surface area contributed by atoms with Gasteiger partial charge in [0.25, 0.3) is 0 Å². The first-order valence-electron chi connectivity index (χ1n) is 3.89. The zero-order chi connectivity index (χ0) is 8.81. The zero-order valence-corrected chi connectivity index (χ0v) is 6.78. The van der Waals surface area contributed by atoms with Gasteiger partial charge in [-0.05, 0) is 0 Å². The van der Waals surface area contributed by atoms with Crippen LogP contribution in [-0.2, 0) is 14.3 Å². The molecule has 1 aliphatic rings. The monoisotopic (exact) mass is 175 g/mol. The molecule has 1 aliphatic heterocycles. The lowest BCUT2D eigenvalue weighted by atomic mass is 10.3. The molecule has 1 heterocycles. The molecule has 1 fully saturated rings. The summed E-state index contributed by atoms with van der Waals surface area (Å²) in [5, 5.41) is 11.4. The van der Waals surface area contributed by atoms with E-state index in [1.807, 2.05) is 0 Å². The van der Waals surface area contributed by atoms with E-state index in [0.29, 0.717) is 13.2 Å². The molecule has 0 amide bonds. The molecule has 0 saturated carbocycles. The molecule has 0 spiro atoms. The van der Waals surface area contributed by atoms with Crippen molar-refractivity contribution in [3.8, 4) is 0 Å². The summed E-state index contributed by atoms with van der Waals surface area (Å²) in [5.41, 5.74) is 0. The van der Waals surface area contributed by atoms with Gasteiger partial charge in [0, 0.05) is 6.54 Å². The van der Waals surface area contributed by atoms with E-state index in [2.05, 4.69) is 5.32 Å². The summed E-state index contributed by atoms with van der Waals surface area (Å²) in [5.74, 6) is -0.938. The minimum absolute atomic E-state index is 0.137. The summed E-state index contributed by atoms with van der Waals surface area (Å²) in [6.45, 7) is 2.28. The highest BCUT2D eigenvalue weighted by Crippen LogP contribution is 1.93. The molecule has 2 N–H and O–H groups in total. The van der Waals surface area contributed by atoms with Gasteiger partial charge < -0.3 is 19.9 Å². The van der Waals surface area contributed by atoms with Crippen LogP contribution in [0.3, 0.4) is 0 Å². The van der Waals surface area contributed by atoms with Crippen molar-refractivity contribution in [1.82, 2.24) is 5.32 Å². The van der Waals surface area contributed by atoms with Gasteiger partial charge >= 0.3 is 5.97 Å². The quantitative estimate of drug-likeness (QED) is 0.578. The molecule has 5 heteroatoms. The smallest absolute Gasteiger partial charge is 0.329 e. The predicted octanol–water partition coefficient (Wildman–Crippen LogP) is -0.924. The van der Waals surface area contributed by atoms with E-state index >= 15 is 0 Å². The maximum Gasteiger partial charge on any atom is 0.329 e. The molecule has 0 radical (unpaired) electrons. The Labute approximate surface area is 70.7 Å². The highest BCUT2D eigenvalue weighted by atomic mass is 16.5. The molecule has 12 heavy (non-hydrogen) atoms. The second-order valence-electron chi connectivity index (χ2n) is 2.63. The van der Waals surface area contributed by atoms with Crippen LogP contribution >= 0.6 is 0 Å². The Balaban J connectivity index is 2.01. The topological polar surface area (TPSA) is 67.8 Å². The van der Waals surface area contributed by atoms with Crippen LogP contribution in [0.4, 0.5) is 0 Å². The maximum absolute atomic E-state index is 10.1. The standard InChI is InChI=1S/C7H13NO4/c9-7(10)5-12-4-6-3-11-2-1-8-6/h6,8H,1-5H2,(H,9,10). The summed E-state index contributed by atoms with van der Waals surface area (Å²) in [4.78, 5) is 10.1. The Bertz CT molecular complexity index is 144. The van der Waals surface area contributed by atoms with Gasteiger partial charge in [-0.15, -0.1) is 0 Å². The molecule has 1 rings (SSSR count). The highest BCUT2D eigenvalue weighted by molar-refractivity contribution is 5.67. The third-order valence-electron chi connectivity index (χ3n) is 1.54. The number of nitrogens with one attached hydrogen (secondary N) is 1. The molecule has 0 bridgehead atoms. The summed E-state index contributed by atoms with van der Waals surface area (Å²) >= 11 is 0. The molecular weight excluding hydrogens is 162 g/mol. The lowest BCUT2D eigenvalue weighted by Gasteiger charge is -2.23. The average molecular weight is 175 g/mol. The first-order chi connectivity index (χ1) is 5.79. The van der Waals surface area contributed by atoms with Crippen LogP contribution < -0.4 is 5.32 Å². The van der Waals surface area contributed by atoms with Crippen LogP contribution in [0, 0.1) is 0 Å². The maximum atomic E-state index is 10.1. The fourth-order valence-electron chi connectivity index (χ4n) is 1.02.